The van der Waals surface area contributed by atoms with Crippen LogP contribution in [0.3, 0.4) is 0 Å². The molecule has 22 heavy (non-hydrogen) atoms. The summed E-state index contributed by atoms with van der Waals surface area (Å²) in [5, 5.41) is 12.4. The molecule has 0 fully saturated rings. The first-order valence-electron chi connectivity index (χ1n) is 7.04. The molecule has 0 unspecified atom stereocenters. The first kappa shape index (κ1) is 15.7. The number of carbonyl (C=O) groups excluding carboxylic acids is 1. The Morgan fingerprint density at radius 2 is 2.14 bits per heavy atom. The van der Waals surface area contributed by atoms with E-state index in [1.807, 2.05) is 13.8 Å². The maximum absolute atomic E-state index is 12.3. The molecule has 2 rings (SSSR count). The molecule has 1 amide bonds. The summed E-state index contributed by atoms with van der Waals surface area (Å²) in [5.74, 6) is -0.440. The Hall–Kier alpha value is -2.68. The van der Waals surface area contributed by atoms with Crippen molar-refractivity contribution in [2.45, 2.75) is 32.9 Å². The van der Waals surface area contributed by atoms with Gasteiger partial charge in [0.15, 0.2) is 0 Å². The second-order valence-electron chi connectivity index (χ2n) is 5.71. The predicted octanol–water partition coefficient (Wildman–Crippen LogP) is 1.45. The largest absolute Gasteiger partial charge is 0.336 e. The number of aromatic nitrogens is 2. The quantitative estimate of drug-likeness (QED) is 0.925. The summed E-state index contributed by atoms with van der Waals surface area (Å²) >= 11 is 0. The van der Waals surface area contributed by atoms with Crippen molar-refractivity contribution in [3.05, 3.63) is 40.9 Å². The molecule has 0 spiro atoms. The number of nitrogens with zero attached hydrogens (tertiary/aromatic N) is 3. The highest BCUT2D eigenvalue weighted by Gasteiger charge is 2.30. The number of nitriles is 1. The van der Waals surface area contributed by atoms with Gasteiger partial charge in [-0.2, -0.15) is 5.26 Å². The van der Waals surface area contributed by atoms with Crippen molar-refractivity contribution in [3.63, 3.8) is 0 Å². The molecule has 0 saturated heterocycles. The maximum Gasteiger partial charge on any atom is 0.261 e. The van der Waals surface area contributed by atoms with Gasteiger partial charge >= 0.3 is 0 Å². The van der Waals surface area contributed by atoms with Crippen molar-refractivity contribution in [2.24, 2.45) is 5.92 Å². The lowest BCUT2D eigenvalue weighted by Gasteiger charge is -2.27. The predicted molar refractivity (Wildman–Crippen MR) is 83.0 cm³/mol. The van der Waals surface area contributed by atoms with E-state index in [4.69, 9.17) is 0 Å². The number of amides is 1. The highest BCUT2D eigenvalue weighted by atomic mass is 16.2. The topological polar surface area (TPSA) is 87.8 Å². The summed E-state index contributed by atoms with van der Waals surface area (Å²) in [6.07, 6.45) is 1.35. The molecule has 0 radical (unpaired) electrons. The van der Waals surface area contributed by atoms with E-state index < -0.39 is 11.4 Å². The van der Waals surface area contributed by atoms with E-state index in [1.54, 1.807) is 31.2 Å². The van der Waals surface area contributed by atoms with Crippen molar-refractivity contribution >= 4 is 16.8 Å². The molecule has 0 aliphatic carbocycles. The van der Waals surface area contributed by atoms with Crippen LogP contribution in [-0.2, 0) is 11.3 Å². The SMILES string of the molecule is CC(C)[C@@](C)(C#N)NC(=O)Cn1cnc2ccccc2c1=O. The lowest BCUT2D eigenvalue weighted by molar-refractivity contribution is -0.123. The average molecular weight is 298 g/mol. The van der Waals surface area contributed by atoms with Gasteiger partial charge < -0.3 is 5.32 Å². The normalized spacial score (nSPS) is 13.6. The highest BCUT2D eigenvalue weighted by molar-refractivity contribution is 5.79. The van der Waals surface area contributed by atoms with Crippen LogP contribution in [0, 0.1) is 17.2 Å². The van der Waals surface area contributed by atoms with Gasteiger partial charge in [-0.25, -0.2) is 4.98 Å². The Kier molecular flexibility index (Phi) is 4.27. The van der Waals surface area contributed by atoms with Crippen LogP contribution in [0.25, 0.3) is 10.9 Å². The van der Waals surface area contributed by atoms with Crippen molar-refractivity contribution in [1.29, 1.82) is 5.26 Å². The molecule has 1 heterocycles. The lowest BCUT2D eigenvalue weighted by atomic mass is 9.90. The van der Waals surface area contributed by atoms with Gasteiger partial charge in [0, 0.05) is 0 Å². The average Bonchev–Trinajstić information content (AvgIpc) is 2.50. The molecule has 6 nitrogen and oxygen atoms in total. The van der Waals surface area contributed by atoms with Gasteiger partial charge in [-0.3, -0.25) is 14.2 Å². The Bertz CT molecular complexity index is 804. The van der Waals surface area contributed by atoms with E-state index in [2.05, 4.69) is 16.4 Å². The molecule has 0 aliphatic heterocycles. The number of hydrogen-bond acceptors (Lipinski definition) is 4. The molecule has 0 aliphatic rings. The Morgan fingerprint density at radius 3 is 2.77 bits per heavy atom. The van der Waals surface area contributed by atoms with E-state index in [0.717, 1.165) is 0 Å². The smallest absolute Gasteiger partial charge is 0.261 e. The van der Waals surface area contributed by atoms with E-state index in [-0.39, 0.29) is 18.0 Å². The van der Waals surface area contributed by atoms with Gasteiger partial charge in [-0.05, 0) is 25.0 Å². The summed E-state index contributed by atoms with van der Waals surface area (Å²) in [6, 6.07) is 9.07. The fraction of sp³-hybridized carbons (Fsp3) is 0.375. The zero-order valence-corrected chi connectivity index (χ0v) is 12.8. The fourth-order valence-electron chi connectivity index (χ4n) is 2.00. The molecule has 1 aromatic heterocycles. The number of carbonyl (C=O) groups is 1. The molecule has 0 saturated carbocycles. The van der Waals surface area contributed by atoms with Crippen LogP contribution in [0.4, 0.5) is 0 Å². The first-order chi connectivity index (χ1) is 10.4. The zero-order chi connectivity index (χ0) is 16.3. The Labute approximate surface area is 128 Å². The fourth-order valence-corrected chi connectivity index (χ4v) is 2.00. The third-order valence-electron chi connectivity index (χ3n) is 3.83. The molecule has 1 atom stereocenters. The van der Waals surface area contributed by atoms with Gasteiger partial charge in [0.1, 0.15) is 12.1 Å². The minimum Gasteiger partial charge on any atom is -0.336 e. The monoisotopic (exact) mass is 298 g/mol. The highest BCUT2D eigenvalue weighted by Crippen LogP contribution is 2.15. The third-order valence-corrected chi connectivity index (χ3v) is 3.83. The third kappa shape index (κ3) is 2.98. The standard InChI is InChI=1S/C16H18N4O2/c1-11(2)16(3,9-17)19-14(21)8-20-10-18-13-7-5-4-6-12(13)15(20)22/h4-7,10-11H,8H2,1-3H3,(H,19,21)/t16-/m1/s1. The number of rotatable bonds is 4. The van der Waals surface area contributed by atoms with Crippen LogP contribution in [-0.4, -0.2) is 21.0 Å². The van der Waals surface area contributed by atoms with Crippen molar-refractivity contribution in [3.8, 4) is 6.07 Å². The molecule has 0 bridgehead atoms. The van der Waals surface area contributed by atoms with Gasteiger partial charge in [-0.15, -0.1) is 0 Å². The molecule has 6 heteroatoms. The van der Waals surface area contributed by atoms with E-state index in [1.165, 1.54) is 10.9 Å². The molecule has 114 valence electrons. The van der Waals surface area contributed by atoms with Gasteiger partial charge in [-0.1, -0.05) is 26.0 Å². The van der Waals surface area contributed by atoms with E-state index in [9.17, 15) is 14.9 Å². The minimum atomic E-state index is -0.967. The van der Waals surface area contributed by atoms with Crippen molar-refractivity contribution in [2.75, 3.05) is 0 Å². The number of benzene rings is 1. The van der Waals surface area contributed by atoms with Crippen LogP contribution >= 0.6 is 0 Å². The summed E-state index contributed by atoms with van der Waals surface area (Å²) in [5.41, 5.74) is -0.650. The van der Waals surface area contributed by atoms with Crippen molar-refractivity contribution in [1.82, 2.24) is 14.9 Å². The molecule has 1 N–H and O–H groups in total. The summed E-state index contributed by atoms with van der Waals surface area (Å²) < 4.78 is 1.25. The summed E-state index contributed by atoms with van der Waals surface area (Å²) in [6.45, 7) is 5.21. The van der Waals surface area contributed by atoms with Crippen molar-refractivity contribution < 1.29 is 4.79 Å². The summed E-state index contributed by atoms with van der Waals surface area (Å²) in [7, 11) is 0. The van der Waals surface area contributed by atoms with Crippen LogP contribution < -0.4 is 10.9 Å². The maximum atomic E-state index is 12.3. The first-order valence-corrected chi connectivity index (χ1v) is 7.04. The van der Waals surface area contributed by atoms with Gasteiger partial charge in [0.05, 0.1) is 23.3 Å². The molecular formula is C16H18N4O2. The Balaban J connectivity index is 2.25. The van der Waals surface area contributed by atoms with Gasteiger partial charge in [0.2, 0.25) is 5.91 Å². The number of para-hydroxylation sites is 1. The molecule has 1 aromatic carbocycles. The minimum absolute atomic E-state index is 0.0482. The number of nitrogens with one attached hydrogen (secondary N) is 1. The molecular weight excluding hydrogens is 280 g/mol. The number of fused-ring (bicyclic) bond motifs is 1. The molecule has 2 aromatic rings. The second-order valence-corrected chi connectivity index (χ2v) is 5.71. The lowest BCUT2D eigenvalue weighted by Crippen LogP contribution is -2.50. The van der Waals surface area contributed by atoms with Crippen LogP contribution in [0.1, 0.15) is 20.8 Å². The second kappa shape index (κ2) is 5.98. The summed E-state index contributed by atoms with van der Waals surface area (Å²) in [4.78, 5) is 28.6. The van der Waals surface area contributed by atoms with Gasteiger partial charge in [0.25, 0.3) is 5.56 Å². The number of hydrogen-bond donors (Lipinski definition) is 1. The van der Waals surface area contributed by atoms with Crippen LogP contribution in [0.15, 0.2) is 35.4 Å². The van der Waals surface area contributed by atoms with E-state index >= 15 is 0 Å². The Morgan fingerprint density at radius 1 is 1.45 bits per heavy atom. The van der Waals surface area contributed by atoms with Crippen LogP contribution in [0.2, 0.25) is 0 Å². The zero-order valence-electron chi connectivity index (χ0n) is 12.8. The van der Waals surface area contributed by atoms with Crippen LogP contribution in [0.5, 0.6) is 0 Å². The van der Waals surface area contributed by atoms with E-state index in [0.29, 0.717) is 10.9 Å².